The molecular formula is C14H20BrN. The average Bonchev–Trinajstić information content (AvgIpc) is 2.46. The van der Waals surface area contributed by atoms with Crippen molar-refractivity contribution in [1.29, 1.82) is 0 Å². The van der Waals surface area contributed by atoms with Crippen molar-refractivity contribution in [2.24, 2.45) is 0 Å². The standard InChI is InChI=1S/C14H20BrN/c1-8-6-10(15)9(2)12-11(16-5)7-14(3,4)13(8)12/h6,11,16H,7H2,1-5H3. The monoisotopic (exact) mass is 281 g/mol. The lowest BCUT2D eigenvalue weighted by Gasteiger charge is -2.22. The Hall–Kier alpha value is -0.340. The molecule has 1 nitrogen and oxygen atoms in total. The predicted octanol–water partition coefficient (Wildman–Crippen LogP) is 4.01. The molecule has 1 aromatic carbocycles. The van der Waals surface area contributed by atoms with Gasteiger partial charge in [0.05, 0.1) is 0 Å². The van der Waals surface area contributed by atoms with Crippen LogP contribution < -0.4 is 5.32 Å². The highest BCUT2D eigenvalue weighted by atomic mass is 79.9. The fourth-order valence-corrected chi connectivity index (χ4v) is 3.75. The predicted molar refractivity (Wildman–Crippen MR) is 73.1 cm³/mol. The number of nitrogens with one attached hydrogen (secondary N) is 1. The smallest absolute Gasteiger partial charge is 0.0331 e. The van der Waals surface area contributed by atoms with Gasteiger partial charge in [0.25, 0.3) is 0 Å². The molecule has 0 bridgehead atoms. The molecule has 0 fully saturated rings. The van der Waals surface area contributed by atoms with Gasteiger partial charge in [-0.3, -0.25) is 0 Å². The maximum Gasteiger partial charge on any atom is 0.0331 e. The van der Waals surface area contributed by atoms with Crippen LogP contribution in [0.4, 0.5) is 0 Å². The van der Waals surface area contributed by atoms with Crippen LogP contribution in [0.2, 0.25) is 0 Å². The number of aryl methyl sites for hydroxylation is 1. The molecule has 0 amide bonds. The van der Waals surface area contributed by atoms with Gasteiger partial charge in [-0.05, 0) is 61.1 Å². The van der Waals surface area contributed by atoms with E-state index in [0.29, 0.717) is 11.5 Å². The molecule has 1 N–H and O–H groups in total. The van der Waals surface area contributed by atoms with E-state index in [1.165, 1.54) is 27.6 Å². The Balaban J connectivity index is 2.74. The Morgan fingerprint density at radius 1 is 1.38 bits per heavy atom. The molecule has 0 heterocycles. The van der Waals surface area contributed by atoms with Crippen LogP contribution in [0, 0.1) is 13.8 Å². The number of benzene rings is 1. The van der Waals surface area contributed by atoms with Gasteiger partial charge in [-0.15, -0.1) is 0 Å². The van der Waals surface area contributed by atoms with Gasteiger partial charge in [-0.1, -0.05) is 29.8 Å². The quantitative estimate of drug-likeness (QED) is 0.820. The Kier molecular flexibility index (Phi) is 2.92. The lowest BCUT2D eigenvalue weighted by molar-refractivity contribution is 0.446. The highest BCUT2D eigenvalue weighted by molar-refractivity contribution is 9.10. The second-order valence-electron chi connectivity index (χ2n) is 5.52. The van der Waals surface area contributed by atoms with Gasteiger partial charge in [-0.2, -0.15) is 0 Å². The van der Waals surface area contributed by atoms with Crippen molar-refractivity contribution in [3.8, 4) is 0 Å². The molecule has 88 valence electrons. The number of rotatable bonds is 1. The Bertz CT molecular complexity index is 435. The van der Waals surface area contributed by atoms with Gasteiger partial charge >= 0.3 is 0 Å². The third-order valence-electron chi connectivity index (χ3n) is 3.86. The molecular weight excluding hydrogens is 262 g/mol. The van der Waals surface area contributed by atoms with Crippen molar-refractivity contribution in [2.45, 2.75) is 45.6 Å². The minimum absolute atomic E-state index is 0.290. The van der Waals surface area contributed by atoms with E-state index in [2.05, 4.69) is 62.1 Å². The van der Waals surface area contributed by atoms with Crippen molar-refractivity contribution in [1.82, 2.24) is 5.32 Å². The summed E-state index contributed by atoms with van der Waals surface area (Å²) in [7, 11) is 2.06. The lowest BCUT2D eigenvalue weighted by atomic mass is 9.83. The summed E-state index contributed by atoms with van der Waals surface area (Å²) in [5.74, 6) is 0. The van der Waals surface area contributed by atoms with E-state index in [1.54, 1.807) is 5.56 Å². The summed E-state index contributed by atoms with van der Waals surface area (Å²) in [6.45, 7) is 9.14. The van der Waals surface area contributed by atoms with Gasteiger partial charge in [0.2, 0.25) is 0 Å². The van der Waals surface area contributed by atoms with Gasteiger partial charge < -0.3 is 5.32 Å². The first-order chi connectivity index (χ1) is 7.38. The summed E-state index contributed by atoms with van der Waals surface area (Å²) in [4.78, 5) is 0. The Labute approximate surface area is 107 Å². The van der Waals surface area contributed by atoms with Crippen molar-refractivity contribution in [3.63, 3.8) is 0 Å². The van der Waals surface area contributed by atoms with E-state index < -0.39 is 0 Å². The minimum atomic E-state index is 0.290. The van der Waals surface area contributed by atoms with E-state index >= 15 is 0 Å². The molecule has 1 aliphatic rings. The second-order valence-corrected chi connectivity index (χ2v) is 6.37. The number of hydrogen-bond acceptors (Lipinski definition) is 1. The first-order valence-electron chi connectivity index (χ1n) is 5.86. The van der Waals surface area contributed by atoms with Crippen LogP contribution in [0.3, 0.4) is 0 Å². The van der Waals surface area contributed by atoms with Crippen LogP contribution in [-0.2, 0) is 5.41 Å². The highest BCUT2D eigenvalue weighted by Gasteiger charge is 2.38. The number of hydrogen-bond donors (Lipinski definition) is 1. The Morgan fingerprint density at radius 3 is 2.56 bits per heavy atom. The zero-order valence-corrected chi connectivity index (χ0v) is 12.3. The van der Waals surface area contributed by atoms with Crippen LogP contribution >= 0.6 is 15.9 Å². The molecule has 1 aromatic rings. The van der Waals surface area contributed by atoms with E-state index in [1.807, 2.05) is 0 Å². The van der Waals surface area contributed by atoms with Crippen molar-refractivity contribution >= 4 is 15.9 Å². The molecule has 1 atom stereocenters. The van der Waals surface area contributed by atoms with Crippen LogP contribution in [-0.4, -0.2) is 7.05 Å². The van der Waals surface area contributed by atoms with Gasteiger partial charge in [0, 0.05) is 10.5 Å². The molecule has 1 aliphatic carbocycles. The van der Waals surface area contributed by atoms with E-state index in [4.69, 9.17) is 0 Å². The number of fused-ring (bicyclic) bond motifs is 1. The summed E-state index contributed by atoms with van der Waals surface area (Å²) in [6.07, 6.45) is 1.19. The fraction of sp³-hybridized carbons (Fsp3) is 0.571. The van der Waals surface area contributed by atoms with Gasteiger partial charge in [-0.25, -0.2) is 0 Å². The molecule has 0 spiro atoms. The van der Waals surface area contributed by atoms with Crippen molar-refractivity contribution < 1.29 is 0 Å². The molecule has 0 saturated heterocycles. The summed E-state index contributed by atoms with van der Waals surface area (Å²) in [6, 6.07) is 2.76. The Morgan fingerprint density at radius 2 is 2.00 bits per heavy atom. The number of halogens is 1. The molecule has 16 heavy (non-hydrogen) atoms. The van der Waals surface area contributed by atoms with E-state index in [-0.39, 0.29) is 0 Å². The average molecular weight is 282 g/mol. The van der Waals surface area contributed by atoms with Crippen molar-refractivity contribution in [3.05, 3.63) is 32.8 Å². The fourth-order valence-electron chi connectivity index (χ4n) is 3.19. The zero-order chi connectivity index (χ0) is 12.1. The molecule has 1 unspecified atom stereocenters. The largest absolute Gasteiger partial charge is 0.313 e. The van der Waals surface area contributed by atoms with Gasteiger partial charge in [0.15, 0.2) is 0 Å². The zero-order valence-electron chi connectivity index (χ0n) is 10.7. The highest BCUT2D eigenvalue weighted by Crippen LogP contribution is 2.48. The summed E-state index contributed by atoms with van der Waals surface area (Å²) >= 11 is 3.67. The second kappa shape index (κ2) is 3.85. The summed E-state index contributed by atoms with van der Waals surface area (Å²) < 4.78 is 1.24. The van der Waals surface area contributed by atoms with Crippen LogP contribution in [0.25, 0.3) is 0 Å². The maximum atomic E-state index is 3.67. The summed E-state index contributed by atoms with van der Waals surface area (Å²) in [5, 5.41) is 3.45. The van der Waals surface area contributed by atoms with Gasteiger partial charge in [0.1, 0.15) is 0 Å². The summed E-state index contributed by atoms with van der Waals surface area (Å²) in [5.41, 5.74) is 6.16. The van der Waals surface area contributed by atoms with Crippen molar-refractivity contribution in [2.75, 3.05) is 7.05 Å². The molecule has 0 saturated carbocycles. The lowest BCUT2D eigenvalue weighted by Crippen LogP contribution is -2.17. The topological polar surface area (TPSA) is 12.0 Å². The first-order valence-corrected chi connectivity index (χ1v) is 6.65. The SMILES string of the molecule is CNC1CC(C)(C)c2c(C)cc(Br)c(C)c21. The third-order valence-corrected chi connectivity index (χ3v) is 4.68. The van der Waals surface area contributed by atoms with E-state index in [9.17, 15) is 0 Å². The van der Waals surface area contributed by atoms with Crippen LogP contribution in [0.5, 0.6) is 0 Å². The molecule has 0 aromatic heterocycles. The van der Waals surface area contributed by atoms with E-state index in [0.717, 1.165) is 0 Å². The molecule has 2 heteroatoms. The van der Waals surface area contributed by atoms with Crippen LogP contribution in [0.1, 0.15) is 48.6 Å². The molecule has 0 radical (unpaired) electrons. The normalized spacial score (nSPS) is 22.2. The molecule has 2 rings (SSSR count). The minimum Gasteiger partial charge on any atom is -0.313 e. The first kappa shape index (κ1) is 12.1. The molecule has 0 aliphatic heterocycles. The third kappa shape index (κ3) is 1.63. The maximum absolute atomic E-state index is 3.67. The van der Waals surface area contributed by atoms with Crippen LogP contribution in [0.15, 0.2) is 10.5 Å².